The lowest BCUT2D eigenvalue weighted by atomic mass is 9.83. The summed E-state index contributed by atoms with van der Waals surface area (Å²) in [6.45, 7) is 4.21. The molecule has 1 saturated carbocycles. The van der Waals surface area contributed by atoms with Gasteiger partial charge in [-0.1, -0.05) is 46.4 Å². The number of likely N-dealkylation sites (tertiary alicyclic amines) is 1. The average Bonchev–Trinajstić information content (AvgIpc) is 3.44. The van der Waals surface area contributed by atoms with E-state index in [-0.39, 0.29) is 17.7 Å². The van der Waals surface area contributed by atoms with Crippen LogP contribution < -0.4 is 10.6 Å². The van der Waals surface area contributed by atoms with E-state index < -0.39 is 0 Å². The Balaban J connectivity index is 1.33. The van der Waals surface area contributed by atoms with Gasteiger partial charge in [-0.2, -0.15) is 0 Å². The molecular weight excluding hydrogens is 612 g/mol. The van der Waals surface area contributed by atoms with Crippen molar-refractivity contribution in [1.82, 2.24) is 10.2 Å². The predicted octanol–water partition coefficient (Wildman–Crippen LogP) is 8.44. The van der Waals surface area contributed by atoms with Gasteiger partial charge in [0, 0.05) is 61.6 Å². The zero-order chi connectivity index (χ0) is 29.6. The first-order chi connectivity index (χ1) is 20.2. The molecule has 2 N–H and O–H groups in total. The fourth-order valence-electron chi connectivity index (χ4n) is 5.44. The van der Waals surface area contributed by atoms with E-state index in [0.29, 0.717) is 60.8 Å². The predicted molar refractivity (Wildman–Crippen MR) is 175 cm³/mol. The highest BCUT2D eigenvalue weighted by Gasteiger charge is 2.29. The molecule has 3 aromatic rings. The van der Waals surface area contributed by atoms with Gasteiger partial charge in [0.25, 0.3) is 5.91 Å². The molecule has 2 aliphatic rings. The summed E-state index contributed by atoms with van der Waals surface area (Å²) in [6.07, 6.45) is 6.82. The number of amides is 1. The van der Waals surface area contributed by atoms with Crippen LogP contribution in [0.4, 0.5) is 5.69 Å². The molecule has 3 aromatic carbocycles. The molecule has 0 bridgehead atoms. The number of rotatable bonds is 8. The summed E-state index contributed by atoms with van der Waals surface area (Å²) in [7, 11) is 0. The van der Waals surface area contributed by atoms with E-state index in [1.165, 1.54) is 25.9 Å². The van der Waals surface area contributed by atoms with Gasteiger partial charge in [0.05, 0.1) is 0 Å². The van der Waals surface area contributed by atoms with Crippen molar-refractivity contribution < 1.29 is 9.59 Å². The van der Waals surface area contributed by atoms with Crippen molar-refractivity contribution in [2.24, 2.45) is 0 Å². The number of benzene rings is 3. The summed E-state index contributed by atoms with van der Waals surface area (Å²) in [5, 5.41) is 8.45. The van der Waals surface area contributed by atoms with Crippen LogP contribution in [0.15, 0.2) is 71.8 Å². The molecule has 0 radical (unpaired) electrons. The van der Waals surface area contributed by atoms with Crippen molar-refractivity contribution in [2.45, 2.75) is 31.7 Å². The number of hydrogen-bond donors (Lipinski definition) is 2. The van der Waals surface area contributed by atoms with Gasteiger partial charge in [-0.3, -0.25) is 9.59 Å². The van der Waals surface area contributed by atoms with Crippen LogP contribution in [-0.2, 0) is 4.79 Å². The Bertz CT molecular complexity index is 1410. The number of carbonyl (C=O) groups is 2. The molecule has 1 aliphatic carbocycles. The van der Waals surface area contributed by atoms with Gasteiger partial charge in [0.1, 0.15) is 0 Å². The molecule has 1 aliphatic heterocycles. The van der Waals surface area contributed by atoms with Gasteiger partial charge in [-0.15, -0.1) is 0 Å². The van der Waals surface area contributed by atoms with Gasteiger partial charge in [-0.25, -0.2) is 0 Å². The highest BCUT2D eigenvalue weighted by molar-refractivity contribution is 6.35. The van der Waals surface area contributed by atoms with Crippen molar-refractivity contribution in [1.29, 1.82) is 0 Å². The first kappa shape index (κ1) is 30.7. The third-order valence-electron chi connectivity index (χ3n) is 7.41. The van der Waals surface area contributed by atoms with Crippen LogP contribution in [-0.4, -0.2) is 48.8 Å². The van der Waals surface area contributed by atoms with Crippen LogP contribution in [0, 0.1) is 0 Å². The molecule has 0 aromatic heterocycles. The maximum absolute atomic E-state index is 13.6. The Kier molecular flexibility index (Phi) is 10.3. The average molecular weight is 643 g/mol. The smallest absolute Gasteiger partial charge is 0.251 e. The first-order valence-electron chi connectivity index (χ1n) is 14.0. The molecule has 0 atom stereocenters. The van der Waals surface area contributed by atoms with Crippen molar-refractivity contribution in [3.05, 3.63) is 109 Å². The number of anilines is 1. The minimum atomic E-state index is -0.310. The maximum atomic E-state index is 13.6. The standard InChI is InChI=1S/C33H31Cl4N3O2/c34-26-13-21(14-27(35)19-26)11-24-17-31(18-25(32(24)41)12-22-15-28(36)20-29(37)16-22)39-33(42)23-3-5-30(6-4-23)38-7-10-40-8-1-2-9-40/h3-6,11-16,19-20,31,38H,1-2,7-10,17-18H2,(H,39,42)/b24-11+,25-12+. The van der Waals surface area contributed by atoms with Gasteiger partial charge in [-0.05, 0) is 123 Å². The van der Waals surface area contributed by atoms with Crippen molar-refractivity contribution in [2.75, 3.05) is 31.5 Å². The second-order valence-corrected chi connectivity index (χ2v) is 12.5. The van der Waals surface area contributed by atoms with E-state index in [1.807, 2.05) is 24.3 Å². The van der Waals surface area contributed by atoms with Crippen LogP contribution in [0.1, 0.15) is 47.2 Å². The Morgan fingerprint density at radius 3 is 1.79 bits per heavy atom. The zero-order valence-corrected chi connectivity index (χ0v) is 26.0. The Morgan fingerprint density at radius 1 is 0.786 bits per heavy atom. The van der Waals surface area contributed by atoms with Crippen LogP contribution >= 0.6 is 46.4 Å². The van der Waals surface area contributed by atoms with Crippen molar-refractivity contribution >= 4 is 75.9 Å². The normalized spacial score (nSPS) is 19.4. The molecule has 218 valence electrons. The molecule has 1 saturated heterocycles. The Morgan fingerprint density at radius 2 is 1.29 bits per heavy atom. The number of halogens is 4. The molecule has 5 rings (SSSR count). The molecule has 1 heterocycles. The number of hydrogen-bond acceptors (Lipinski definition) is 4. The molecule has 42 heavy (non-hydrogen) atoms. The van der Waals surface area contributed by atoms with Gasteiger partial charge < -0.3 is 15.5 Å². The summed E-state index contributed by atoms with van der Waals surface area (Å²) in [5.74, 6) is -0.315. The van der Waals surface area contributed by atoms with Crippen LogP contribution in [0.5, 0.6) is 0 Å². The van der Waals surface area contributed by atoms with Gasteiger partial charge in [0.15, 0.2) is 5.78 Å². The number of nitrogens with zero attached hydrogens (tertiary/aromatic N) is 1. The Hall–Kier alpha value is -2.80. The van der Waals surface area contributed by atoms with Crippen LogP contribution in [0.3, 0.4) is 0 Å². The summed E-state index contributed by atoms with van der Waals surface area (Å²) >= 11 is 24.8. The highest BCUT2D eigenvalue weighted by atomic mass is 35.5. The summed E-state index contributed by atoms with van der Waals surface area (Å²) < 4.78 is 0. The topological polar surface area (TPSA) is 61.4 Å². The second kappa shape index (κ2) is 14.1. The van der Waals surface area contributed by atoms with Crippen molar-refractivity contribution in [3.63, 3.8) is 0 Å². The van der Waals surface area contributed by atoms with E-state index >= 15 is 0 Å². The largest absolute Gasteiger partial charge is 0.384 e. The molecule has 5 nitrogen and oxygen atoms in total. The second-order valence-electron chi connectivity index (χ2n) is 10.7. The summed E-state index contributed by atoms with van der Waals surface area (Å²) in [4.78, 5) is 29.3. The monoisotopic (exact) mass is 641 g/mol. The quantitative estimate of drug-likeness (QED) is 0.242. The number of carbonyl (C=O) groups excluding carboxylic acids is 2. The lowest BCUT2D eigenvalue weighted by Gasteiger charge is -2.27. The number of ketones is 1. The lowest BCUT2D eigenvalue weighted by molar-refractivity contribution is -0.113. The van der Waals surface area contributed by atoms with E-state index in [2.05, 4.69) is 15.5 Å². The summed E-state index contributed by atoms with van der Waals surface area (Å²) in [5.41, 5.74) is 4.03. The van der Waals surface area contributed by atoms with Crippen LogP contribution in [0.25, 0.3) is 12.2 Å². The molecular formula is C33H31Cl4N3O2. The minimum Gasteiger partial charge on any atom is -0.384 e. The maximum Gasteiger partial charge on any atom is 0.251 e. The third kappa shape index (κ3) is 8.40. The van der Waals surface area contributed by atoms with Crippen molar-refractivity contribution in [3.8, 4) is 0 Å². The van der Waals surface area contributed by atoms with Gasteiger partial charge >= 0.3 is 0 Å². The summed E-state index contributed by atoms with van der Waals surface area (Å²) in [6, 6.07) is 17.4. The minimum absolute atomic E-state index is 0.114. The molecule has 2 fully saturated rings. The SMILES string of the molecule is O=C1/C(=C/c2cc(Cl)cc(Cl)c2)CC(NC(=O)c2ccc(NCCN3CCCC3)cc2)C/C1=C\c1cc(Cl)cc(Cl)c1. The van der Waals surface area contributed by atoms with E-state index in [4.69, 9.17) is 46.4 Å². The third-order valence-corrected chi connectivity index (χ3v) is 8.28. The van der Waals surface area contributed by atoms with E-state index in [0.717, 1.165) is 18.8 Å². The van der Waals surface area contributed by atoms with Crippen LogP contribution in [0.2, 0.25) is 20.1 Å². The number of nitrogens with one attached hydrogen (secondary N) is 2. The highest BCUT2D eigenvalue weighted by Crippen LogP contribution is 2.31. The van der Waals surface area contributed by atoms with E-state index in [9.17, 15) is 9.59 Å². The van der Waals surface area contributed by atoms with E-state index in [1.54, 1.807) is 48.6 Å². The fraction of sp³-hybridized carbons (Fsp3) is 0.273. The fourth-order valence-corrected chi connectivity index (χ4v) is 6.52. The Labute approximate surface area is 266 Å². The first-order valence-corrected chi connectivity index (χ1v) is 15.5. The van der Waals surface area contributed by atoms with Gasteiger partial charge in [0.2, 0.25) is 0 Å². The molecule has 0 spiro atoms. The zero-order valence-electron chi connectivity index (χ0n) is 22.9. The lowest BCUT2D eigenvalue weighted by Crippen LogP contribution is -2.39. The molecule has 0 unspecified atom stereocenters. The number of Topliss-reactive ketones (excluding diaryl/α,β-unsaturated/α-hetero) is 1. The molecule has 9 heteroatoms. The molecule has 1 amide bonds.